The number of benzene rings is 1. The van der Waals surface area contributed by atoms with E-state index in [1.165, 1.54) is 17.4 Å². The Kier molecular flexibility index (Phi) is 4.31. The van der Waals surface area contributed by atoms with Crippen molar-refractivity contribution in [1.82, 2.24) is 4.98 Å². The summed E-state index contributed by atoms with van der Waals surface area (Å²) in [5.74, 6) is 0.0803. The minimum atomic E-state index is -4.34. The number of aromatic nitrogens is 1. The maximum absolute atomic E-state index is 12.7. The molecule has 2 nitrogen and oxygen atoms in total. The number of rotatable bonds is 3. The first-order chi connectivity index (χ1) is 9.60. The molecule has 0 spiro atoms. The van der Waals surface area contributed by atoms with Crippen LogP contribution in [0.15, 0.2) is 18.2 Å². The first-order valence-corrected chi connectivity index (χ1v) is 7.59. The van der Waals surface area contributed by atoms with Crippen molar-refractivity contribution >= 4 is 21.6 Å². The van der Waals surface area contributed by atoms with Gasteiger partial charge in [-0.25, -0.2) is 4.98 Å². The molecule has 2 rings (SSSR count). The van der Waals surface area contributed by atoms with Crippen molar-refractivity contribution in [3.8, 4) is 0 Å². The molecular formula is C15H19F3N2S. The third-order valence-corrected chi connectivity index (χ3v) is 4.42. The molecule has 21 heavy (non-hydrogen) atoms. The van der Waals surface area contributed by atoms with Crippen LogP contribution in [0.1, 0.15) is 43.7 Å². The minimum absolute atomic E-state index is 0.0803. The van der Waals surface area contributed by atoms with Crippen LogP contribution >= 0.6 is 11.3 Å². The van der Waals surface area contributed by atoms with E-state index in [4.69, 9.17) is 5.73 Å². The second-order valence-electron chi connectivity index (χ2n) is 6.43. The summed E-state index contributed by atoms with van der Waals surface area (Å²) in [4.78, 5) is 4.38. The first kappa shape index (κ1) is 16.2. The summed E-state index contributed by atoms with van der Waals surface area (Å²) >= 11 is 1.43. The van der Waals surface area contributed by atoms with Gasteiger partial charge in [0, 0.05) is 12.5 Å². The van der Waals surface area contributed by atoms with Crippen molar-refractivity contribution in [3.63, 3.8) is 0 Å². The molecular weight excluding hydrogens is 297 g/mol. The molecule has 0 saturated carbocycles. The van der Waals surface area contributed by atoms with Gasteiger partial charge in [-0.05, 0) is 30.0 Å². The van der Waals surface area contributed by atoms with Crippen LogP contribution < -0.4 is 5.73 Å². The van der Waals surface area contributed by atoms with Crippen LogP contribution in [-0.4, -0.2) is 11.5 Å². The quantitative estimate of drug-likeness (QED) is 0.884. The molecule has 1 unspecified atom stereocenters. The van der Waals surface area contributed by atoms with Gasteiger partial charge in [0.25, 0.3) is 0 Å². The Morgan fingerprint density at radius 2 is 1.90 bits per heavy atom. The van der Waals surface area contributed by atoms with E-state index in [-0.39, 0.29) is 11.3 Å². The minimum Gasteiger partial charge on any atom is -0.330 e. The van der Waals surface area contributed by atoms with E-state index < -0.39 is 11.7 Å². The molecule has 0 aliphatic rings. The lowest BCUT2D eigenvalue weighted by molar-refractivity contribution is -0.137. The van der Waals surface area contributed by atoms with Crippen molar-refractivity contribution in [1.29, 1.82) is 0 Å². The average molecular weight is 316 g/mol. The highest BCUT2D eigenvalue weighted by molar-refractivity contribution is 7.18. The van der Waals surface area contributed by atoms with E-state index in [1.807, 2.05) is 0 Å². The first-order valence-electron chi connectivity index (χ1n) is 6.78. The van der Waals surface area contributed by atoms with E-state index in [1.54, 1.807) is 0 Å². The van der Waals surface area contributed by atoms with Crippen molar-refractivity contribution in [2.24, 2.45) is 11.1 Å². The van der Waals surface area contributed by atoms with Crippen molar-refractivity contribution in [3.05, 3.63) is 28.8 Å². The maximum atomic E-state index is 12.7. The summed E-state index contributed by atoms with van der Waals surface area (Å²) in [5.41, 5.74) is 5.66. The number of hydrogen-bond donors (Lipinski definition) is 1. The van der Waals surface area contributed by atoms with E-state index in [0.717, 1.165) is 28.3 Å². The second-order valence-corrected chi connectivity index (χ2v) is 7.49. The SMILES string of the molecule is CC(C)(C)CC(CN)c1nc2cc(C(F)(F)F)ccc2s1. The van der Waals surface area contributed by atoms with Crippen LogP contribution in [0.25, 0.3) is 10.2 Å². The van der Waals surface area contributed by atoms with Crippen LogP contribution in [0.4, 0.5) is 13.2 Å². The summed E-state index contributed by atoms with van der Waals surface area (Å²) in [6.45, 7) is 6.80. The molecule has 0 fully saturated rings. The van der Waals surface area contributed by atoms with Crippen molar-refractivity contribution in [2.45, 2.75) is 39.3 Å². The van der Waals surface area contributed by atoms with Crippen LogP contribution in [0.3, 0.4) is 0 Å². The Balaban J connectivity index is 2.38. The van der Waals surface area contributed by atoms with E-state index >= 15 is 0 Å². The molecule has 1 heterocycles. The smallest absolute Gasteiger partial charge is 0.330 e. The highest BCUT2D eigenvalue weighted by Gasteiger charge is 2.31. The third-order valence-electron chi connectivity index (χ3n) is 3.22. The number of nitrogens with zero attached hydrogens (tertiary/aromatic N) is 1. The van der Waals surface area contributed by atoms with E-state index in [0.29, 0.717) is 12.1 Å². The zero-order chi connectivity index (χ0) is 15.8. The normalized spacial score (nSPS) is 14.6. The summed E-state index contributed by atoms with van der Waals surface area (Å²) in [6.07, 6.45) is -3.48. The number of alkyl halides is 3. The van der Waals surface area contributed by atoms with Gasteiger partial charge in [0.2, 0.25) is 0 Å². The lowest BCUT2D eigenvalue weighted by atomic mass is 9.85. The molecule has 2 N–H and O–H groups in total. The van der Waals surface area contributed by atoms with Gasteiger partial charge in [-0.2, -0.15) is 13.2 Å². The number of halogens is 3. The molecule has 6 heteroatoms. The number of fused-ring (bicyclic) bond motifs is 1. The molecule has 1 aromatic heterocycles. The van der Waals surface area contributed by atoms with Gasteiger partial charge >= 0.3 is 6.18 Å². The fourth-order valence-corrected chi connectivity index (χ4v) is 3.37. The highest BCUT2D eigenvalue weighted by atomic mass is 32.1. The lowest BCUT2D eigenvalue weighted by Gasteiger charge is -2.23. The van der Waals surface area contributed by atoms with E-state index in [9.17, 15) is 13.2 Å². The van der Waals surface area contributed by atoms with Gasteiger partial charge in [0.05, 0.1) is 20.8 Å². The monoisotopic (exact) mass is 316 g/mol. The van der Waals surface area contributed by atoms with Crippen LogP contribution in [-0.2, 0) is 6.18 Å². The van der Waals surface area contributed by atoms with Gasteiger partial charge in [-0.1, -0.05) is 20.8 Å². The lowest BCUT2D eigenvalue weighted by Crippen LogP contribution is -2.19. The Bertz CT molecular complexity index is 626. The average Bonchev–Trinajstić information content (AvgIpc) is 2.76. The number of thiazole rings is 1. The maximum Gasteiger partial charge on any atom is 0.416 e. The fourth-order valence-electron chi connectivity index (χ4n) is 2.31. The molecule has 0 bridgehead atoms. The van der Waals surface area contributed by atoms with Gasteiger partial charge in [0.1, 0.15) is 0 Å². The molecule has 1 aromatic carbocycles. The molecule has 0 saturated heterocycles. The highest BCUT2D eigenvalue weighted by Crippen LogP contribution is 2.37. The number of hydrogen-bond acceptors (Lipinski definition) is 3. The van der Waals surface area contributed by atoms with Gasteiger partial charge in [0.15, 0.2) is 0 Å². The molecule has 1 atom stereocenters. The number of nitrogens with two attached hydrogens (primary N) is 1. The standard InChI is InChI=1S/C15H19F3N2S/c1-14(2,3)7-9(8-19)13-20-11-6-10(15(16,17)18)4-5-12(11)21-13/h4-6,9H,7-8,19H2,1-3H3. The molecule has 0 aliphatic heterocycles. The third kappa shape index (κ3) is 3.95. The Labute approximate surface area is 126 Å². The summed E-state index contributed by atoms with van der Waals surface area (Å²) in [6, 6.07) is 3.70. The molecule has 2 aromatic rings. The Hall–Kier alpha value is -1.14. The summed E-state index contributed by atoms with van der Waals surface area (Å²) in [7, 11) is 0. The van der Waals surface area contributed by atoms with Crippen molar-refractivity contribution in [2.75, 3.05) is 6.54 Å². The zero-order valence-electron chi connectivity index (χ0n) is 12.3. The van der Waals surface area contributed by atoms with Gasteiger partial charge in [-0.15, -0.1) is 11.3 Å². The van der Waals surface area contributed by atoms with Crippen LogP contribution in [0, 0.1) is 5.41 Å². The second kappa shape index (κ2) is 5.57. The topological polar surface area (TPSA) is 38.9 Å². The molecule has 0 radical (unpaired) electrons. The largest absolute Gasteiger partial charge is 0.416 e. The summed E-state index contributed by atoms with van der Waals surface area (Å²) < 4.78 is 38.9. The molecule has 0 aliphatic carbocycles. The predicted octanol–water partition coefficient (Wildman–Crippen LogP) is 4.79. The van der Waals surface area contributed by atoms with Crippen LogP contribution in [0.5, 0.6) is 0 Å². The van der Waals surface area contributed by atoms with E-state index in [2.05, 4.69) is 25.8 Å². The fraction of sp³-hybridized carbons (Fsp3) is 0.533. The zero-order valence-corrected chi connectivity index (χ0v) is 13.1. The van der Waals surface area contributed by atoms with Crippen LogP contribution in [0.2, 0.25) is 0 Å². The predicted molar refractivity (Wildman–Crippen MR) is 80.5 cm³/mol. The molecule has 116 valence electrons. The molecule has 0 amide bonds. The Morgan fingerprint density at radius 1 is 1.24 bits per heavy atom. The van der Waals surface area contributed by atoms with Gasteiger partial charge in [-0.3, -0.25) is 0 Å². The Morgan fingerprint density at radius 3 is 2.43 bits per heavy atom. The van der Waals surface area contributed by atoms with Gasteiger partial charge < -0.3 is 5.73 Å². The summed E-state index contributed by atoms with van der Waals surface area (Å²) in [5, 5.41) is 0.821. The van der Waals surface area contributed by atoms with Crippen molar-refractivity contribution < 1.29 is 13.2 Å².